The SMILES string of the molecule is O=C1CCC(=O)N1c1ccc(S(=O)(=O)NCC2(CO)CC2)cc1. The standard InChI is InChI=1S/C15H18N2O5S/c18-10-15(7-8-15)9-16-23(21,22)12-3-1-11(2-4-12)17-13(19)5-6-14(17)20/h1-4,16,18H,5-10H2. The summed E-state index contributed by atoms with van der Waals surface area (Å²) in [6, 6.07) is 5.65. The van der Waals surface area contributed by atoms with Gasteiger partial charge in [0, 0.05) is 31.4 Å². The van der Waals surface area contributed by atoms with Crippen LogP contribution >= 0.6 is 0 Å². The van der Waals surface area contributed by atoms with Crippen LogP contribution in [0, 0.1) is 5.41 Å². The normalized spacial score (nSPS) is 20.1. The molecule has 0 bridgehead atoms. The molecule has 1 aromatic rings. The van der Waals surface area contributed by atoms with Crippen molar-refractivity contribution in [1.82, 2.24) is 4.72 Å². The first-order valence-corrected chi connectivity index (χ1v) is 8.92. The molecular formula is C15H18N2O5S. The number of carbonyl (C=O) groups is 2. The zero-order chi connectivity index (χ0) is 16.7. The van der Waals surface area contributed by atoms with E-state index in [1.54, 1.807) is 0 Å². The summed E-state index contributed by atoms with van der Waals surface area (Å²) in [5.41, 5.74) is 0.0620. The summed E-state index contributed by atoms with van der Waals surface area (Å²) in [5, 5.41) is 9.23. The van der Waals surface area contributed by atoms with Crippen molar-refractivity contribution in [3.8, 4) is 0 Å². The number of amides is 2. The van der Waals surface area contributed by atoms with Gasteiger partial charge in [-0.3, -0.25) is 14.5 Å². The summed E-state index contributed by atoms with van der Waals surface area (Å²) in [6.45, 7) is 0.171. The molecule has 1 heterocycles. The number of aliphatic hydroxyl groups excluding tert-OH is 1. The molecular weight excluding hydrogens is 320 g/mol. The van der Waals surface area contributed by atoms with E-state index in [4.69, 9.17) is 0 Å². The lowest BCUT2D eigenvalue weighted by molar-refractivity contribution is -0.121. The Balaban J connectivity index is 1.73. The van der Waals surface area contributed by atoms with Crippen LogP contribution in [0.25, 0.3) is 0 Å². The van der Waals surface area contributed by atoms with E-state index in [0.717, 1.165) is 17.7 Å². The van der Waals surface area contributed by atoms with Crippen molar-refractivity contribution in [2.24, 2.45) is 5.41 Å². The van der Waals surface area contributed by atoms with Crippen LogP contribution in [-0.2, 0) is 19.6 Å². The molecule has 0 spiro atoms. The Hall–Kier alpha value is -1.77. The number of hydrogen-bond donors (Lipinski definition) is 2. The van der Waals surface area contributed by atoms with Crippen molar-refractivity contribution in [3.05, 3.63) is 24.3 Å². The second-order valence-corrected chi connectivity index (χ2v) is 7.87. The molecule has 8 heteroatoms. The number of hydrogen-bond acceptors (Lipinski definition) is 5. The van der Waals surface area contributed by atoms with Gasteiger partial charge in [-0.05, 0) is 37.1 Å². The predicted molar refractivity (Wildman–Crippen MR) is 82.1 cm³/mol. The lowest BCUT2D eigenvalue weighted by Gasteiger charge is -2.15. The van der Waals surface area contributed by atoms with Gasteiger partial charge in [0.25, 0.3) is 0 Å². The Labute approximate surface area is 134 Å². The molecule has 2 amide bonds. The van der Waals surface area contributed by atoms with E-state index < -0.39 is 10.0 Å². The molecule has 0 atom stereocenters. The van der Waals surface area contributed by atoms with Gasteiger partial charge in [0.15, 0.2) is 0 Å². The van der Waals surface area contributed by atoms with Crippen LogP contribution in [0.2, 0.25) is 0 Å². The van der Waals surface area contributed by atoms with Crippen molar-refractivity contribution in [3.63, 3.8) is 0 Å². The van der Waals surface area contributed by atoms with Crippen LogP contribution in [-0.4, -0.2) is 38.5 Å². The Morgan fingerprint density at radius 3 is 2.13 bits per heavy atom. The minimum absolute atomic E-state index is 0.0341. The molecule has 0 unspecified atom stereocenters. The van der Waals surface area contributed by atoms with Gasteiger partial charge in [-0.15, -0.1) is 0 Å². The zero-order valence-corrected chi connectivity index (χ0v) is 13.3. The summed E-state index contributed by atoms with van der Waals surface area (Å²) in [5.74, 6) is -0.551. The molecule has 23 heavy (non-hydrogen) atoms. The Bertz CT molecular complexity index is 722. The third-order valence-electron chi connectivity index (χ3n) is 4.39. The molecule has 124 valence electrons. The zero-order valence-electron chi connectivity index (χ0n) is 12.5. The molecule has 3 rings (SSSR count). The summed E-state index contributed by atoms with van der Waals surface area (Å²) in [4.78, 5) is 24.5. The topological polar surface area (TPSA) is 104 Å². The highest BCUT2D eigenvalue weighted by atomic mass is 32.2. The number of nitrogens with one attached hydrogen (secondary N) is 1. The molecule has 7 nitrogen and oxygen atoms in total. The molecule has 1 saturated carbocycles. The third kappa shape index (κ3) is 3.15. The van der Waals surface area contributed by atoms with Gasteiger partial charge in [-0.25, -0.2) is 13.1 Å². The number of aliphatic hydroxyl groups is 1. The highest BCUT2D eigenvalue weighted by Gasteiger charge is 2.42. The van der Waals surface area contributed by atoms with Crippen molar-refractivity contribution in [2.75, 3.05) is 18.1 Å². The van der Waals surface area contributed by atoms with Gasteiger partial charge < -0.3 is 5.11 Å². The van der Waals surface area contributed by atoms with Crippen LogP contribution in [0.4, 0.5) is 5.69 Å². The van der Waals surface area contributed by atoms with E-state index in [0.29, 0.717) is 5.69 Å². The fourth-order valence-electron chi connectivity index (χ4n) is 2.54. The van der Waals surface area contributed by atoms with Crippen LogP contribution in [0.1, 0.15) is 25.7 Å². The van der Waals surface area contributed by atoms with E-state index >= 15 is 0 Å². The average molecular weight is 338 g/mol. The second kappa shape index (κ2) is 5.70. The Morgan fingerprint density at radius 1 is 1.09 bits per heavy atom. The second-order valence-electron chi connectivity index (χ2n) is 6.10. The van der Waals surface area contributed by atoms with Crippen LogP contribution < -0.4 is 9.62 Å². The fraction of sp³-hybridized carbons (Fsp3) is 0.467. The lowest BCUT2D eigenvalue weighted by Crippen LogP contribution is -2.32. The summed E-state index contributed by atoms with van der Waals surface area (Å²) in [6.07, 6.45) is 1.99. The molecule has 0 aromatic heterocycles. The van der Waals surface area contributed by atoms with Gasteiger partial charge in [-0.1, -0.05) is 0 Å². The molecule has 1 aliphatic heterocycles. The first kappa shape index (κ1) is 16.1. The highest BCUT2D eigenvalue weighted by Crippen LogP contribution is 2.44. The molecule has 2 fully saturated rings. The highest BCUT2D eigenvalue weighted by molar-refractivity contribution is 7.89. The summed E-state index contributed by atoms with van der Waals surface area (Å²) >= 11 is 0. The van der Waals surface area contributed by atoms with Crippen molar-refractivity contribution in [2.45, 2.75) is 30.6 Å². The van der Waals surface area contributed by atoms with E-state index in [1.165, 1.54) is 24.3 Å². The smallest absolute Gasteiger partial charge is 0.240 e. The van der Waals surface area contributed by atoms with Gasteiger partial charge in [-0.2, -0.15) is 0 Å². The number of sulfonamides is 1. The Morgan fingerprint density at radius 2 is 1.65 bits per heavy atom. The molecule has 1 aromatic carbocycles. The molecule has 2 N–H and O–H groups in total. The fourth-order valence-corrected chi connectivity index (χ4v) is 3.70. The first-order chi connectivity index (χ1) is 10.9. The van der Waals surface area contributed by atoms with Crippen molar-refractivity contribution in [1.29, 1.82) is 0 Å². The predicted octanol–water partition coefficient (Wildman–Crippen LogP) is 0.391. The minimum atomic E-state index is -3.68. The van der Waals surface area contributed by atoms with E-state index in [2.05, 4.69) is 4.72 Å². The van der Waals surface area contributed by atoms with E-state index in [1.807, 2.05) is 0 Å². The monoisotopic (exact) mass is 338 g/mol. The summed E-state index contributed by atoms with van der Waals surface area (Å²) < 4.78 is 27.0. The maximum absolute atomic E-state index is 12.2. The number of rotatable bonds is 6. The van der Waals surface area contributed by atoms with Gasteiger partial charge >= 0.3 is 0 Å². The molecule has 0 radical (unpaired) electrons. The van der Waals surface area contributed by atoms with Crippen LogP contribution in [0.15, 0.2) is 29.2 Å². The maximum atomic E-state index is 12.2. The first-order valence-electron chi connectivity index (χ1n) is 7.43. The number of anilines is 1. The van der Waals surface area contributed by atoms with Crippen molar-refractivity contribution >= 4 is 27.5 Å². The van der Waals surface area contributed by atoms with Crippen molar-refractivity contribution < 1.29 is 23.1 Å². The maximum Gasteiger partial charge on any atom is 0.240 e. The number of imide groups is 1. The van der Waals surface area contributed by atoms with Crippen LogP contribution in [0.3, 0.4) is 0 Å². The average Bonchev–Trinajstić information content (AvgIpc) is 3.25. The molecule has 1 saturated heterocycles. The lowest BCUT2D eigenvalue weighted by atomic mass is 10.1. The largest absolute Gasteiger partial charge is 0.396 e. The van der Waals surface area contributed by atoms with Gasteiger partial charge in [0.1, 0.15) is 0 Å². The third-order valence-corrected chi connectivity index (χ3v) is 5.80. The number of nitrogens with zero attached hydrogens (tertiary/aromatic N) is 1. The Kier molecular flexibility index (Phi) is 3.99. The molecule has 1 aliphatic carbocycles. The van der Waals surface area contributed by atoms with Gasteiger partial charge in [0.2, 0.25) is 21.8 Å². The van der Waals surface area contributed by atoms with E-state index in [9.17, 15) is 23.1 Å². The quantitative estimate of drug-likeness (QED) is 0.730. The minimum Gasteiger partial charge on any atom is -0.396 e. The van der Waals surface area contributed by atoms with Crippen LogP contribution in [0.5, 0.6) is 0 Å². The summed E-state index contributed by atoms with van der Waals surface area (Å²) in [7, 11) is -3.68. The number of benzene rings is 1. The van der Waals surface area contributed by atoms with E-state index in [-0.39, 0.29) is 48.1 Å². The van der Waals surface area contributed by atoms with Gasteiger partial charge in [0.05, 0.1) is 10.6 Å². The molecule has 2 aliphatic rings. The number of carbonyl (C=O) groups excluding carboxylic acids is 2.